The first kappa shape index (κ1) is 26.5. The zero-order chi connectivity index (χ0) is 21.2. The molecule has 2 radical (unpaired) electrons. The van der Waals surface area contributed by atoms with E-state index >= 15 is 0 Å². The molecule has 0 amide bonds. The molecule has 29 heavy (non-hydrogen) atoms. The van der Waals surface area contributed by atoms with Gasteiger partial charge in [-0.25, -0.2) is 0 Å². The molecule has 0 saturated carbocycles. The van der Waals surface area contributed by atoms with Crippen molar-refractivity contribution in [2.24, 2.45) is 0 Å². The first-order valence-corrected chi connectivity index (χ1v) is 13.4. The van der Waals surface area contributed by atoms with Gasteiger partial charge in [-0.05, 0) is 36.1 Å². The van der Waals surface area contributed by atoms with Crippen LogP contribution in [0.5, 0.6) is 11.5 Å². The Labute approximate surface area is 190 Å². The molecule has 0 atom stereocenters. The Balaban J connectivity index is 0.000000749. The fourth-order valence-corrected chi connectivity index (χ4v) is 3.90. The van der Waals surface area contributed by atoms with Crippen molar-refractivity contribution in [1.82, 2.24) is 0 Å². The Morgan fingerprint density at radius 2 is 1.34 bits per heavy atom. The number of hydrogen-bond donors (Lipinski definition) is 0. The fraction of sp³-hybridized carbons (Fsp3) is 0.739. The molecule has 0 spiro atoms. The summed E-state index contributed by atoms with van der Waals surface area (Å²) in [5.41, 5.74) is 2.44. The van der Waals surface area contributed by atoms with Crippen LogP contribution in [0.1, 0.15) is 64.0 Å². The van der Waals surface area contributed by atoms with Gasteiger partial charge in [0.05, 0.1) is 33.0 Å². The maximum absolute atomic E-state index is 5.75. The number of rotatable bonds is 15. The molecular formula is C23H40O5Sn. The third kappa shape index (κ3) is 12.1. The Kier molecular flexibility index (Phi) is 16.7. The van der Waals surface area contributed by atoms with Crippen molar-refractivity contribution in [2.45, 2.75) is 70.3 Å². The van der Waals surface area contributed by atoms with E-state index in [9.17, 15) is 0 Å². The monoisotopic (exact) mass is 516 g/mol. The zero-order valence-corrected chi connectivity index (χ0v) is 22.0. The van der Waals surface area contributed by atoms with Crippen molar-refractivity contribution < 1.29 is 23.7 Å². The molecule has 0 aliphatic carbocycles. The van der Waals surface area contributed by atoms with E-state index in [1.807, 2.05) is 6.07 Å². The van der Waals surface area contributed by atoms with Crippen molar-refractivity contribution in [3.8, 4) is 11.5 Å². The van der Waals surface area contributed by atoms with Gasteiger partial charge in [0, 0.05) is 6.61 Å². The average molecular weight is 515 g/mol. The second kappa shape index (κ2) is 18.3. The summed E-state index contributed by atoms with van der Waals surface area (Å²) in [6.07, 6.45) is 7.20. The van der Waals surface area contributed by atoms with E-state index in [0.29, 0.717) is 39.8 Å². The van der Waals surface area contributed by atoms with Crippen LogP contribution in [0.3, 0.4) is 0 Å². The van der Waals surface area contributed by atoms with Crippen LogP contribution in [0, 0.1) is 0 Å². The SMILES string of the molecule is CCCCOCCOCCOCc1cc2c(cc1CCC)OCO2.CCC[CH2][SnH]. The van der Waals surface area contributed by atoms with E-state index in [2.05, 4.69) is 26.8 Å². The molecular weight excluding hydrogens is 475 g/mol. The molecule has 0 N–H and O–H groups in total. The van der Waals surface area contributed by atoms with Gasteiger partial charge in [0.1, 0.15) is 0 Å². The number of hydrogen-bond acceptors (Lipinski definition) is 5. The molecule has 1 heterocycles. The minimum atomic E-state index is 0.305. The second-order valence-corrected chi connectivity index (χ2v) is 8.65. The molecule has 0 fully saturated rings. The van der Waals surface area contributed by atoms with Gasteiger partial charge in [-0.1, -0.05) is 26.7 Å². The van der Waals surface area contributed by atoms with Gasteiger partial charge in [-0.15, -0.1) is 0 Å². The van der Waals surface area contributed by atoms with Crippen molar-refractivity contribution in [3.63, 3.8) is 0 Å². The summed E-state index contributed by atoms with van der Waals surface area (Å²) in [6.45, 7) is 10.7. The van der Waals surface area contributed by atoms with Crippen molar-refractivity contribution >= 4 is 22.5 Å². The summed E-state index contributed by atoms with van der Waals surface area (Å²) in [4.78, 5) is 0. The van der Waals surface area contributed by atoms with Crippen LogP contribution in [0.4, 0.5) is 0 Å². The molecule has 1 aliphatic heterocycles. The van der Waals surface area contributed by atoms with Crippen LogP contribution >= 0.6 is 0 Å². The third-order valence-corrected chi connectivity index (χ3v) is 5.58. The Hall–Kier alpha value is -0.501. The Bertz CT molecular complexity index is 522. The summed E-state index contributed by atoms with van der Waals surface area (Å²) in [5, 5.41) is 0. The van der Waals surface area contributed by atoms with Gasteiger partial charge < -0.3 is 23.7 Å². The van der Waals surface area contributed by atoms with Gasteiger partial charge >= 0.3 is 46.7 Å². The molecule has 0 bridgehead atoms. The van der Waals surface area contributed by atoms with Gasteiger partial charge in [0.25, 0.3) is 0 Å². The molecule has 0 unspecified atom stereocenters. The first-order chi connectivity index (χ1) is 14.3. The molecule has 1 aromatic rings. The summed E-state index contributed by atoms with van der Waals surface area (Å²) in [5.74, 6) is 1.66. The molecule has 1 aromatic carbocycles. The van der Waals surface area contributed by atoms with Crippen LogP contribution in [-0.2, 0) is 27.2 Å². The quantitative estimate of drug-likeness (QED) is 0.248. The van der Waals surface area contributed by atoms with Crippen LogP contribution in [0.2, 0.25) is 4.44 Å². The predicted octanol–water partition coefficient (Wildman–Crippen LogP) is 4.82. The van der Waals surface area contributed by atoms with Gasteiger partial charge in [-0.2, -0.15) is 0 Å². The third-order valence-electron chi connectivity index (χ3n) is 4.42. The number of aryl methyl sites for hydroxylation is 1. The summed E-state index contributed by atoms with van der Waals surface area (Å²) in [7, 11) is 0. The van der Waals surface area contributed by atoms with Gasteiger partial charge in [-0.3, -0.25) is 0 Å². The van der Waals surface area contributed by atoms with E-state index in [4.69, 9.17) is 23.7 Å². The Morgan fingerprint density at radius 3 is 1.90 bits per heavy atom. The van der Waals surface area contributed by atoms with Crippen LogP contribution in [0.25, 0.3) is 0 Å². The van der Waals surface area contributed by atoms with E-state index < -0.39 is 0 Å². The standard InChI is InChI=1S/C19H30O5.C4H9.Sn.H/c1-3-5-7-20-8-9-21-10-11-22-14-17-13-19-18(23-15-24-19)12-16(17)6-4-2;1-3-4-2;;/h12-13H,3-11,14-15H2,1-2H3;1,3-4H2,2H3;;. The topological polar surface area (TPSA) is 46.2 Å². The molecule has 0 aromatic heterocycles. The zero-order valence-electron chi connectivity index (χ0n) is 18.7. The van der Waals surface area contributed by atoms with E-state index in [1.54, 1.807) is 0 Å². The molecule has 2 rings (SSSR count). The normalized spacial score (nSPS) is 12.0. The summed E-state index contributed by atoms with van der Waals surface area (Å²) >= 11 is 1.45. The number of unbranched alkanes of at least 4 members (excludes halogenated alkanes) is 2. The first-order valence-electron chi connectivity index (χ1n) is 11.1. The fourth-order valence-electron chi connectivity index (χ4n) is 2.74. The van der Waals surface area contributed by atoms with E-state index in [-0.39, 0.29) is 0 Å². The second-order valence-electron chi connectivity index (χ2n) is 7.00. The van der Waals surface area contributed by atoms with Crippen molar-refractivity contribution in [1.29, 1.82) is 0 Å². The molecule has 0 saturated heterocycles. The van der Waals surface area contributed by atoms with E-state index in [0.717, 1.165) is 43.8 Å². The molecule has 5 nitrogen and oxygen atoms in total. The van der Waals surface area contributed by atoms with Crippen LogP contribution < -0.4 is 9.47 Å². The predicted molar refractivity (Wildman–Crippen MR) is 120 cm³/mol. The number of ether oxygens (including phenoxy) is 5. The van der Waals surface area contributed by atoms with E-state index in [1.165, 1.54) is 50.9 Å². The molecule has 166 valence electrons. The summed E-state index contributed by atoms with van der Waals surface area (Å²) < 4.78 is 29.1. The van der Waals surface area contributed by atoms with Crippen molar-refractivity contribution in [3.05, 3.63) is 23.3 Å². The van der Waals surface area contributed by atoms with Crippen LogP contribution in [0.15, 0.2) is 12.1 Å². The van der Waals surface area contributed by atoms with Crippen LogP contribution in [-0.4, -0.2) is 62.4 Å². The number of benzene rings is 1. The molecule has 6 heteroatoms. The number of fused-ring (bicyclic) bond motifs is 1. The minimum absolute atomic E-state index is 0.305. The molecule has 1 aliphatic rings. The summed E-state index contributed by atoms with van der Waals surface area (Å²) in [6, 6.07) is 4.12. The van der Waals surface area contributed by atoms with Gasteiger partial charge in [0.2, 0.25) is 6.79 Å². The van der Waals surface area contributed by atoms with Gasteiger partial charge in [0.15, 0.2) is 11.5 Å². The average Bonchev–Trinajstić information content (AvgIpc) is 3.18. The Morgan fingerprint density at radius 1 is 0.759 bits per heavy atom. The maximum atomic E-state index is 5.75. The van der Waals surface area contributed by atoms with Crippen molar-refractivity contribution in [2.75, 3.05) is 39.8 Å².